The van der Waals surface area contributed by atoms with Crippen LogP contribution in [0.1, 0.15) is 78.1 Å². The second-order valence-corrected chi connectivity index (χ2v) is 11.1. The summed E-state index contributed by atoms with van der Waals surface area (Å²) in [7, 11) is 0. The number of unbranched alkanes of at least 4 members (excludes halogenated alkanes) is 7. The lowest BCUT2D eigenvalue weighted by Gasteiger charge is -2.03. The molecule has 4 nitrogen and oxygen atoms in total. The number of nitrogens with zero attached hydrogens (tertiary/aromatic N) is 4. The fraction of sp³-hybridized carbons (Fsp3) is 0.444. The zero-order valence-electron chi connectivity index (χ0n) is 26.4. The van der Waals surface area contributed by atoms with Crippen molar-refractivity contribution in [1.29, 1.82) is 0 Å². The Bertz CT molecular complexity index is 1150. The lowest BCUT2D eigenvalue weighted by molar-refractivity contribution is -0.708. The first-order chi connectivity index (χ1) is 19.7. The molecule has 4 aromatic heterocycles. The van der Waals surface area contributed by atoms with Crippen LogP contribution in [0.5, 0.6) is 0 Å². The van der Waals surface area contributed by atoms with Crippen molar-refractivity contribution < 1.29 is 114 Å². The summed E-state index contributed by atoms with van der Waals surface area (Å²) >= 11 is 0. The Morgan fingerprint density at radius 3 is 0.727 bits per heavy atom. The Balaban J connectivity index is 0.00000462. The van der Waals surface area contributed by atoms with Gasteiger partial charge in [0.05, 0.1) is 0 Å². The molecule has 0 saturated carbocycles. The maximum absolute atomic E-state index is 2.31. The molecular formula is C36H50I4N4. The lowest BCUT2D eigenvalue weighted by Crippen LogP contribution is -3.00. The molecule has 0 bridgehead atoms. The van der Waals surface area contributed by atoms with Gasteiger partial charge in [0.2, 0.25) is 0 Å². The van der Waals surface area contributed by atoms with E-state index in [-0.39, 0.29) is 95.9 Å². The standard InChI is InChI=1S/C36H50N4.4HI/c1-3-5-7-9-21-37-25-13-33(14-26-37)35-17-29-39(30-18-35)23-11-12-24-40-31-19-36(20-32-40)34-15-27-38(28-16-34)22-10-8-6-4-2;;;;/h13-20,25-32H,3-12,21-24H2,1-2H3;4*1H/q+4;;;;/p-4. The highest BCUT2D eigenvalue weighted by molar-refractivity contribution is 5.61. The number of rotatable bonds is 17. The SMILES string of the molecule is CCCCCC[n+]1ccc(-c2cc[n+](CCCC[n+]3ccc(-c4cc[n+](CCCCCC)cc4)cc3)cc2)cc1.[I-].[I-].[I-].[I-]. The molecule has 0 aliphatic heterocycles. The third kappa shape index (κ3) is 15.4. The van der Waals surface area contributed by atoms with Gasteiger partial charge in [-0.05, 0) is 35.1 Å². The largest absolute Gasteiger partial charge is 1.00 e. The van der Waals surface area contributed by atoms with E-state index in [1.165, 1.54) is 86.5 Å². The van der Waals surface area contributed by atoms with Gasteiger partial charge in [-0.15, -0.1) is 0 Å². The maximum Gasteiger partial charge on any atom is 0.169 e. The van der Waals surface area contributed by atoms with Gasteiger partial charge in [-0.3, -0.25) is 0 Å². The first-order valence-electron chi connectivity index (χ1n) is 15.7. The number of aryl methyl sites for hydroxylation is 4. The minimum absolute atomic E-state index is 0. The summed E-state index contributed by atoms with van der Waals surface area (Å²) in [6, 6.07) is 17.9. The van der Waals surface area contributed by atoms with Crippen LogP contribution < -0.4 is 114 Å². The fourth-order valence-electron chi connectivity index (χ4n) is 5.23. The van der Waals surface area contributed by atoms with Crippen molar-refractivity contribution in [1.82, 2.24) is 0 Å². The summed E-state index contributed by atoms with van der Waals surface area (Å²) in [5, 5.41) is 0. The predicted octanol–water partition coefficient (Wildman–Crippen LogP) is -5.17. The van der Waals surface area contributed by atoms with E-state index in [4.69, 9.17) is 0 Å². The average molecular weight is 1050 g/mol. The Labute approximate surface area is 335 Å². The molecule has 0 fully saturated rings. The Morgan fingerprint density at radius 2 is 0.523 bits per heavy atom. The van der Waals surface area contributed by atoms with Crippen molar-refractivity contribution in [2.75, 3.05) is 0 Å². The molecule has 242 valence electrons. The fourth-order valence-corrected chi connectivity index (χ4v) is 5.23. The van der Waals surface area contributed by atoms with Gasteiger partial charge in [-0.1, -0.05) is 39.5 Å². The van der Waals surface area contributed by atoms with Gasteiger partial charge in [0.1, 0.15) is 26.2 Å². The molecule has 4 rings (SSSR count). The first kappa shape index (κ1) is 43.5. The van der Waals surface area contributed by atoms with Crippen LogP contribution >= 0.6 is 0 Å². The molecule has 4 heterocycles. The van der Waals surface area contributed by atoms with E-state index in [1.807, 2.05) is 0 Å². The second-order valence-electron chi connectivity index (χ2n) is 11.1. The van der Waals surface area contributed by atoms with Gasteiger partial charge in [-0.2, -0.15) is 0 Å². The van der Waals surface area contributed by atoms with Crippen molar-refractivity contribution in [2.45, 2.75) is 104 Å². The zero-order valence-corrected chi connectivity index (χ0v) is 35.1. The van der Waals surface area contributed by atoms with Crippen molar-refractivity contribution in [3.63, 3.8) is 0 Å². The van der Waals surface area contributed by atoms with Gasteiger partial charge in [0.25, 0.3) is 0 Å². The second kappa shape index (κ2) is 25.6. The van der Waals surface area contributed by atoms with Crippen molar-refractivity contribution in [2.24, 2.45) is 0 Å². The van der Waals surface area contributed by atoms with Crippen LogP contribution in [0.3, 0.4) is 0 Å². The van der Waals surface area contributed by atoms with Gasteiger partial charge in [-0.25, -0.2) is 18.3 Å². The highest BCUT2D eigenvalue weighted by atomic mass is 127. The molecule has 0 atom stereocenters. The third-order valence-electron chi connectivity index (χ3n) is 7.85. The Morgan fingerprint density at radius 1 is 0.318 bits per heavy atom. The summed E-state index contributed by atoms with van der Waals surface area (Å²) in [5.41, 5.74) is 5.14. The number of hydrogen-bond acceptors (Lipinski definition) is 0. The summed E-state index contributed by atoms with van der Waals surface area (Å²) in [6.45, 7) is 8.86. The monoisotopic (exact) mass is 1050 g/mol. The van der Waals surface area contributed by atoms with Crippen LogP contribution in [0.25, 0.3) is 22.3 Å². The molecule has 0 amide bonds. The van der Waals surface area contributed by atoms with Gasteiger partial charge in [0.15, 0.2) is 49.6 Å². The summed E-state index contributed by atoms with van der Waals surface area (Å²) in [4.78, 5) is 0. The molecule has 0 radical (unpaired) electrons. The van der Waals surface area contributed by atoms with Crippen molar-refractivity contribution in [3.05, 3.63) is 98.1 Å². The Hall–Kier alpha value is -0.480. The van der Waals surface area contributed by atoms with Crippen LogP contribution in [-0.2, 0) is 26.2 Å². The van der Waals surface area contributed by atoms with Crippen molar-refractivity contribution in [3.8, 4) is 22.3 Å². The topological polar surface area (TPSA) is 15.5 Å². The van der Waals surface area contributed by atoms with E-state index < -0.39 is 0 Å². The molecule has 0 unspecified atom stereocenters. The normalized spacial score (nSPS) is 10.1. The number of pyridine rings is 4. The summed E-state index contributed by atoms with van der Waals surface area (Å²) in [6.07, 6.45) is 30.5. The van der Waals surface area contributed by atoms with Crippen LogP contribution in [0.4, 0.5) is 0 Å². The predicted molar refractivity (Wildman–Crippen MR) is 162 cm³/mol. The summed E-state index contributed by atoms with van der Waals surface area (Å²) in [5.74, 6) is 0. The van der Waals surface area contributed by atoms with E-state index in [0.29, 0.717) is 0 Å². The van der Waals surface area contributed by atoms with Crippen LogP contribution in [-0.4, -0.2) is 0 Å². The van der Waals surface area contributed by atoms with Gasteiger partial charge < -0.3 is 95.9 Å². The van der Waals surface area contributed by atoms with Gasteiger partial charge >= 0.3 is 0 Å². The molecule has 0 N–H and O–H groups in total. The smallest absolute Gasteiger partial charge is 0.169 e. The maximum atomic E-state index is 2.31. The Kier molecular flexibility index (Phi) is 25.3. The quantitative estimate of drug-likeness (QED) is 0.0573. The molecule has 44 heavy (non-hydrogen) atoms. The highest BCUT2D eigenvalue weighted by Crippen LogP contribution is 2.17. The first-order valence-corrected chi connectivity index (χ1v) is 15.7. The number of hydrogen-bond donors (Lipinski definition) is 0. The molecule has 0 saturated heterocycles. The van der Waals surface area contributed by atoms with Crippen LogP contribution in [0.2, 0.25) is 0 Å². The molecule has 0 aromatic carbocycles. The molecular weight excluding hydrogens is 996 g/mol. The number of aromatic nitrogens is 4. The van der Waals surface area contributed by atoms with Gasteiger partial charge in [0, 0.05) is 74.2 Å². The summed E-state index contributed by atoms with van der Waals surface area (Å²) < 4.78 is 9.22. The third-order valence-corrected chi connectivity index (χ3v) is 7.85. The van der Waals surface area contributed by atoms with E-state index in [1.54, 1.807) is 0 Å². The van der Waals surface area contributed by atoms with Crippen molar-refractivity contribution >= 4 is 0 Å². The molecule has 0 aliphatic rings. The van der Waals surface area contributed by atoms with Crippen LogP contribution in [0, 0.1) is 0 Å². The van der Waals surface area contributed by atoms with Crippen LogP contribution in [0.15, 0.2) is 98.1 Å². The minimum atomic E-state index is 0. The highest BCUT2D eigenvalue weighted by Gasteiger charge is 2.09. The molecule has 0 aliphatic carbocycles. The average Bonchev–Trinajstić information content (AvgIpc) is 3.01. The molecule has 8 heteroatoms. The lowest BCUT2D eigenvalue weighted by atomic mass is 10.1. The molecule has 4 aromatic rings. The van der Waals surface area contributed by atoms with E-state index in [2.05, 4.69) is 130 Å². The van der Waals surface area contributed by atoms with E-state index in [9.17, 15) is 0 Å². The number of halogens is 4. The van der Waals surface area contributed by atoms with E-state index in [0.717, 1.165) is 26.2 Å². The molecule has 0 spiro atoms. The van der Waals surface area contributed by atoms with E-state index >= 15 is 0 Å². The minimum Gasteiger partial charge on any atom is -1.00 e. The zero-order chi connectivity index (χ0) is 27.8.